The van der Waals surface area contributed by atoms with Gasteiger partial charge >= 0.3 is 5.97 Å². The minimum Gasteiger partial charge on any atom is -0.481 e. The van der Waals surface area contributed by atoms with Gasteiger partial charge in [-0.1, -0.05) is 13.3 Å². The zero-order valence-corrected chi connectivity index (χ0v) is 11.4. The molecule has 18 heavy (non-hydrogen) atoms. The number of hydrogen-bond donors (Lipinski definition) is 1. The molecule has 0 aromatic carbocycles. The summed E-state index contributed by atoms with van der Waals surface area (Å²) in [5.74, 6) is -0.883. The molecule has 0 bridgehead atoms. The van der Waals surface area contributed by atoms with Crippen molar-refractivity contribution in [1.82, 2.24) is 9.80 Å². The van der Waals surface area contributed by atoms with Crippen LogP contribution in [0, 0.1) is 5.92 Å². The van der Waals surface area contributed by atoms with Gasteiger partial charge < -0.3 is 10.0 Å². The molecule has 1 aliphatic heterocycles. The maximum absolute atomic E-state index is 12.0. The zero-order chi connectivity index (χ0) is 13.5. The van der Waals surface area contributed by atoms with Gasteiger partial charge in [0.05, 0.1) is 12.5 Å². The molecule has 0 aromatic rings. The number of unbranched alkanes of at least 4 members (excludes halogenated alkanes) is 1. The monoisotopic (exact) mass is 256 g/mol. The number of piperidine rings is 1. The van der Waals surface area contributed by atoms with E-state index in [9.17, 15) is 9.59 Å². The predicted molar refractivity (Wildman–Crippen MR) is 69.3 cm³/mol. The highest BCUT2D eigenvalue weighted by atomic mass is 16.4. The van der Waals surface area contributed by atoms with Crippen LogP contribution in [0.25, 0.3) is 0 Å². The molecule has 1 heterocycles. The average molecular weight is 256 g/mol. The minimum absolute atomic E-state index is 0.123. The van der Waals surface area contributed by atoms with E-state index in [2.05, 4.69) is 6.92 Å². The van der Waals surface area contributed by atoms with E-state index < -0.39 is 5.97 Å². The third kappa shape index (κ3) is 4.64. The third-order valence-corrected chi connectivity index (χ3v) is 3.50. The fourth-order valence-corrected chi connectivity index (χ4v) is 2.21. The van der Waals surface area contributed by atoms with Crippen LogP contribution < -0.4 is 0 Å². The summed E-state index contributed by atoms with van der Waals surface area (Å²) in [6.45, 7) is 4.67. The molecular weight excluding hydrogens is 232 g/mol. The number of carbonyl (C=O) groups excluding carboxylic acids is 1. The molecule has 0 unspecified atom stereocenters. The first-order chi connectivity index (χ1) is 8.54. The Morgan fingerprint density at radius 1 is 1.33 bits per heavy atom. The Morgan fingerprint density at radius 2 is 1.94 bits per heavy atom. The maximum Gasteiger partial charge on any atom is 0.306 e. The summed E-state index contributed by atoms with van der Waals surface area (Å²) in [5, 5.41) is 8.89. The molecular formula is C13H24N2O3. The van der Waals surface area contributed by atoms with E-state index >= 15 is 0 Å². The number of likely N-dealkylation sites (N-methyl/N-ethyl adjacent to an activating group) is 1. The predicted octanol–water partition coefficient (Wildman–Crippen LogP) is 1.04. The summed E-state index contributed by atoms with van der Waals surface area (Å²) in [6.07, 6.45) is 3.40. The number of carbonyl (C=O) groups is 2. The molecule has 5 heteroatoms. The second-order valence-corrected chi connectivity index (χ2v) is 5.08. The van der Waals surface area contributed by atoms with Crippen LogP contribution in [0.2, 0.25) is 0 Å². The highest BCUT2D eigenvalue weighted by Crippen LogP contribution is 2.17. The number of amides is 1. The molecule has 1 N–H and O–H groups in total. The Kier molecular flexibility index (Phi) is 6.12. The molecule has 0 atom stereocenters. The number of rotatable bonds is 6. The second kappa shape index (κ2) is 7.36. The van der Waals surface area contributed by atoms with Gasteiger partial charge in [-0.3, -0.25) is 14.5 Å². The number of nitrogens with zero attached hydrogens (tertiary/aromatic N) is 2. The van der Waals surface area contributed by atoms with E-state index in [0.29, 0.717) is 32.5 Å². The lowest BCUT2D eigenvalue weighted by molar-refractivity contribution is -0.145. The van der Waals surface area contributed by atoms with E-state index in [4.69, 9.17) is 5.11 Å². The van der Waals surface area contributed by atoms with Gasteiger partial charge in [0.15, 0.2) is 0 Å². The largest absolute Gasteiger partial charge is 0.481 e. The quantitative estimate of drug-likeness (QED) is 0.771. The lowest BCUT2D eigenvalue weighted by Crippen LogP contribution is -2.44. The lowest BCUT2D eigenvalue weighted by Gasteiger charge is -2.31. The number of likely N-dealkylation sites (tertiary alicyclic amines) is 1. The van der Waals surface area contributed by atoms with Crippen molar-refractivity contribution in [2.75, 3.05) is 33.2 Å². The zero-order valence-electron chi connectivity index (χ0n) is 11.4. The third-order valence-electron chi connectivity index (χ3n) is 3.50. The van der Waals surface area contributed by atoms with E-state index in [1.165, 1.54) is 0 Å². The summed E-state index contributed by atoms with van der Waals surface area (Å²) in [7, 11) is 1.96. The minimum atomic E-state index is -0.734. The van der Waals surface area contributed by atoms with Gasteiger partial charge in [-0.2, -0.15) is 0 Å². The van der Waals surface area contributed by atoms with Crippen LogP contribution in [0.1, 0.15) is 32.6 Å². The molecule has 0 aromatic heterocycles. The number of carboxylic acids is 1. The topological polar surface area (TPSA) is 60.9 Å². The standard InChI is InChI=1S/C13H24N2O3/c1-3-4-7-14(2)10-12(16)15-8-5-11(6-9-15)13(17)18/h11H,3-10H2,1-2H3,(H,17,18). The first-order valence-corrected chi connectivity index (χ1v) is 6.73. The molecule has 1 rings (SSSR count). The number of carboxylic acid groups (broad SMARTS) is 1. The molecule has 1 amide bonds. The Morgan fingerprint density at radius 3 is 2.44 bits per heavy atom. The Bertz CT molecular complexity index is 286. The molecule has 0 saturated carbocycles. The first-order valence-electron chi connectivity index (χ1n) is 6.73. The van der Waals surface area contributed by atoms with E-state index in [-0.39, 0.29) is 11.8 Å². The summed E-state index contributed by atoms with van der Waals surface area (Å²) in [4.78, 5) is 26.6. The van der Waals surface area contributed by atoms with Crippen molar-refractivity contribution in [3.8, 4) is 0 Å². The second-order valence-electron chi connectivity index (χ2n) is 5.08. The van der Waals surface area contributed by atoms with Crippen LogP contribution in [0.5, 0.6) is 0 Å². The van der Waals surface area contributed by atoms with Crippen LogP contribution in [-0.4, -0.2) is 60.0 Å². The van der Waals surface area contributed by atoms with Gasteiger partial charge in [-0.15, -0.1) is 0 Å². The van der Waals surface area contributed by atoms with Gasteiger partial charge in [0, 0.05) is 13.1 Å². The SMILES string of the molecule is CCCCN(C)CC(=O)N1CCC(C(=O)O)CC1. The summed E-state index contributed by atoms with van der Waals surface area (Å²) in [5.41, 5.74) is 0. The summed E-state index contributed by atoms with van der Waals surface area (Å²) >= 11 is 0. The smallest absolute Gasteiger partial charge is 0.306 e. The molecule has 0 spiro atoms. The van der Waals surface area contributed by atoms with E-state index in [1.54, 1.807) is 4.90 Å². The van der Waals surface area contributed by atoms with Crippen LogP contribution in [0.4, 0.5) is 0 Å². The van der Waals surface area contributed by atoms with Crippen LogP contribution in [0.15, 0.2) is 0 Å². The van der Waals surface area contributed by atoms with Crippen molar-refractivity contribution in [2.24, 2.45) is 5.92 Å². The summed E-state index contributed by atoms with van der Waals surface area (Å²) < 4.78 is 0. The normalized spacial score (nSPS) is 17.2. The fraction of sp³-hybridized carbons (Fsp3) is 0.846. The lowest BCUT2D eigenvalue weighted by atomic mass is 9.97. The molecule has 1 saturated heterocycles. The molecule has 0 radical (unpaired) electrons. The molecule has 0 aliphatic carbocycles. The molecule has 1 aliphatic rings. The molecule has 5 nitrogen and oxygen atoms in total. The van der Waals surface area contributed by atoms with Crippen LogP contribution in [-0.2, 0) is 9.59 Å². The van der Waals surface area contributed by atoms with Crippen molar-refractivity contribution in [1.29, 1.82) is 0 Å². The fourth-order valence-electron chi connectivity index (χ4n) is 2.21. The van der Waals surface area contributed by atoms with Crippen molar-refractivity contribution in [3.63, 3.8) is 0 Å². The van der Waals surface area contributed by atoms with Gasteiger partial charge in [0.25, 0.3) is 0 Å². The van der Waals surface area contributed by atoms with Crippen molar-refractivity contribution in [2.45, 2.75) is 32.6 Å². The van der Waals surface area contributed by atoms with Gasteiger partial charge in [0.1, 0.15) is 0 Å². The first kappa shape index (κ1) is 15.0. The Hall–Kier alpha value is -1.10. The highest BCUT2D eigenvalue weighted by molar-refractivity contribution is 5.78. The van der Waals surface area contributed by atoms with Crippen molar-refractivity contribution in [3.05, 3.63) is 0 Å². The maximum atomic E-state index is 12.0. The van der Waals surface area contributed by atoms with E-state index in [0.717, 1.165) is 19.4 Å². The van der Waals surface area contributed by atoms with Crippen molar-refractivity contribution >= 4 is 11.9 Å². The van der Waals surface area contributed by atoms with Crippen LogP contribution >= 0.6 is 0 Å². The molecule has 104 valence electrons. The molecule has 1 fully saturated rings. The number of hydrogen-bond acceptors (Lipinski definition) is 3. The van der Waals surface area contributed by atoms with Gasteiger partial charge in [0.2, 0.25) is 5.91 Å². The Balaban J connectivity index is 2.29. The van der Waals surface area contributed by atoms with Crippen LogP contribution in [0.3, 0.4) is 0 Å². The van der Waals surface area contributed by atoms with Gasteiger partial charge in [-0.05, 0) is 32.9 Å². The van der Waals surface area contributed by atoms with E-state index in [1.807, 2.05) is 11.9 Å². The van der Waals surface area contributed by atoms with Crippen molar-refractivity contribution < 1.29 is 14.7 Å². The highest BCUT2D eigenvalue weighted by Gasteiger charge is 2.27. The van der Waals surface area contributed by atoms with Gasteiger partial charge in [-0.25, -0.2) is 0 Å². The number of aliphatic carboxylic acids is 1. The Labute approximate surface area is 109 Å². The average Bonchev–Trinajstić information content (AvgIpc) is 2.36. The summed E-state index contributed by atoms with van der Waals surface area (Å²) in [6, 6.07) is 0.